The summed E-state index contributed by atoms with van der Waals surface area (Å²) in [5.74, 6) is -0.0107. The number of allylic oxidation sites excluding steroid dienone is 3. The number of amides is 1. The van der Waals surface area contributed by atoms with Gasteiger partial charge in [-0.2, -0.15) is 0 Å². The highest BCUT2D eigenvalue weighted by molar-refractivity contribution is 6.31. The van der Waals surface area contributed by atoms with E-state index in [4.69, 9.17) is 11.6 Å². The molecule has 1 unspecified atom stereocenters. The SMILES string of the molecule is Cc1ccc(N2C(=O)CC(/C=C/c3ccccc3)C3=C2CCCC3=O)cc1Cl. The molecule has 0 bridgehead atoms. The van der Waals surface area contributed by atoms with Crippen LogP contribution in [0.4, 0.5) is 5.69 Å². The van der Waals surface area contributed by atoms with Crippen molar-refractivity contribution in [1.82, 2.24) is 0 Å². The zero-order chi connectivity index (χ0) is 19.7. The van der Waals surface area contributed by atoms with Crippen molar-refractivity contribution in [2.75, 3.05) is 4.90 Å². The normalized spacial score (nSPS) is 20.1. The standard InChI is InChI=1S/C24H22ClNO2/c1-16-10-13-19(15-20(16)25)26-21-8-5-9-22(27)24(21)18(14-23(26)28)12-11-17-6-3-2-4-7-17/h2-4,6-7,10-13,15,18H,5,8-9,14H2,1H3/b12-11+. The molecule has 1 heterocycles. The van der Waals surface area contributed by atoms with Crippen LogP contribution in [0.5, 0.6) is 0 Å². The molecule has 0 radical (unpaired) electrons. The number of anilines is 1. The van der Waals surface area contributed by atoms with Gasteiger partial charge >= 0.3 is 0 Å². The topological polar surface area (TPSA) is 37.4 Å². The van der Waals surface area contributed by atoms with Gasteiger partial charge in [0.15, 0.2) is 5.78 Å². The Kier molecular flexibility index (Phi) is 5.19. The fourth-order valence-electron chi connectivity index (χ4n) is 4.01. The van der Waals surface area contributed by atoms with Crippen molar-refractivity contribution in [3.8, 4) is 0 Å². The number of rotatable bonds is 3. The van der Waals surface area contributed by atoms with Crippen LogP contribution in [0, 0.1) is 12.8 Å². The van der Waals surface area contributed by atoms with Gasteiger partial charge in [-0.15, -0.1) is 0 Å². The number of hydrogen-bond donors (Lipinski definition) is 0. The molecule has 142 valence electrons. The lowest BCUT2D eigenvalue weighted by Crippen LogP contribution is -2.40. The monoisotopic (exact) mass is 391 g/mol. The summed E-state index contributed by atoms with van der Waals surface area (Å²) in [5, 5.41) is 0.626. The van der Waals surface area contributed by atoms with Gasteiger partial charge in [-0.05, 0) is 43.0 Å². The van der Waals surface area contributed by atoms with E-state index in [9.17, 15) is 9.59 Å². The summed E-state index contributed by atoms with van der Waals surface area (Å²) in [6.07, 6.45) is 6.35. The van der Waals surface area contributed by atoms with Crippen LogP contribution in [0.3, 0.4) is 0 Å². The molecule has 0 N–H and O–H groups in total. The second-order valence-electron chi connectivity index (χ2n) is 7.38. The number of benzene rings is 2. The molecule has 0 saturated heterocycles. The zero-order valence-corrected chi connectivity index (χ0v) is 16.6. The van der Waals surface area contributed by atoms with Crippen LogP contribution in [0.15, 0.2) is 65.9 Å². The molecule has 1 aliphatic heterocycles. The Labute approximate surface area is 170 Å². The van der Waals surface area contributed by atoms with Crippen molar-refractivity contribution < 1.29 is 9.59 Å². The number of aryl methyl sites for hydroxylation is 1. The zero-order valence-electron chi connectivity index (χ0n) is 15.8. The Hall–Kier alpha value is -2.65. The third-order valence-electron chi connectivity index (χ3n) is 5.45. The summed E-state index contributed by atoms with van der Waals surface area (Å²) < 4.78 is 0. The fourth-order valence-corrected chi connectivity index (χ4v) is 4.18. The second-order valence-corrected chi connectivity index (χ2v) is 7.79. The van der Waals surface area contributed by atoms with E-state index in [1.54, 1.807) is 4.90 Å². The third kappa shape index (κ3) is 3.55. The summed E-state index contributed by atoms with van der Waals surface area (Å²) >= 11 is 6.30. The summed E-state index contributed by atoms with van der Waals surface area (Å²) in [4.78, 5) is 27.6. The molecule has 4 heteroatoms. The van der Waals surface area contributed by atoms with Crippen LogP contribution in [0.2, 0.25) is 5.02 Å². The average Bonchev–Trinajstić information content (AvgIpc) is 2.69. The van der Waals surface area contributed by atoms with Gasteiger partial charge in [-0.1, -0.05) is 60.2 Å². The van der Waals surface area contributed by atoms with Gasteiger partial charge < -0.3 is 0 Å². The number of nitrogens with zero attached hydrogens (tertiary/aromatic N) is 1. The number of ketones is 1. The minimum Gasteiger partial charge on any atom is -0.294 e. The number of hydrogen-bond acceptors (Lipinski definition) is 2. The van der Waals surface area contributed by atoms with E-state index in [-0.39, 0.29) is 17.6 Å². The minimum absolute atomic E-state index is 0.0103. The molecule has 0 aromatic heterocycles. The molecule has 2 aromatic rings. The van der Waals surface area contributed by atoms with Crippen LogP contribution < -0.4 is 4.90 Å². The predicted molar refractivity (Wildman–Crippen MR) is 113 cm³/mol. The lowest BCUT2D eigenvalue weighted by molar-refractivity contribution is -0.120. The molecule has 1 aliphatic carbocycles. The molecule has 1 amide bonds. The smallest absolute Gasteiger partial charge is 0.232 e. The maximum absolute atomic E-state index is 13.1. The molecule has 1 atom stereocenters. The van der Waals surface area contributed by atoms with Crippen LogP contribution in [0.1, 0.15) is 36.8 Å². The Morgan fingerprint density at radius 1 is 1.07 bits per heavy atom. The number of Topliss-reactive ketones (excluding diaryl/α,β-unsaturated/α-hetero) is 1. The Morgan fingerprint density at radius 3 is 2.61 bits per heavy atom. The average molecular weight is 392 g/mol. The Bertz CT molecular complexity index is 991. The first-order valence-electron chi connectivity index (χ1n) is 9.63. The minimum atomic E-state index is -0.173. The Balaban J connectivity index is 1.76. The molecule has 4 rings (SSSR count). The van der Waals surface area contributed by atoms with E-state index in [0.717, 1.165) is 40.9 Å². The Morgan fingerprint density at radius 2 is 1.86 bits per heavy atom. The maximum atomic E-state index is 13.1. The van der Waals surface area contributed by atoms with E-state index in [2.05, 4.69) is 0 Å². The number of carbonyl (C=O) groups excluding carboxylic acids is 2. The van der Waals surface area contributed by atoms with Crippen molar-refractivity contribution in [3.63, 3.8) is 0 Å². The van der Waals surface area contributed by atoms with Crippen molar-refractivity contribution >= 4 is 35.1 Å². The molecule has 3 nitrogen and oxygen atoms in total. The molecule has 0 saturated carbocycles. The van der Waals surface area contributed by atoms with Crippen molar-refractivity contribution in [2.24, 2.45) is 5.92 Å². The molecule has 28 heavy (non-hydrogen) atoms. The first-order valence-corrected chi connectivity index (χ1v) is 10.0. The fraction of sp³-hybridized carbons (Fsp3) is 0.250. The van der Waals surface area contributed by atoms with Gasteiger partial charge in [0.1, 0.15) is 0 Å². The van der Waals surface area contributed by atoms with Gasteiger partial charge in [0, 0.05) is 35.1 Å². The highest BCUT2D eigenvalue weighted by Crippen LogP contribution is 2.40. The predicted octanol–water partition coefficient (Wildman–Crippen LogP) is 5.72. The molecule has 0 spiro atoms. The molecular weight excluding hydrogens is 370 g/mol. The van der Waals surface area contributed by atoms with E-state index < -0.39 is 0 Å². The van der Waals surface area contributed by atoms with Gasteiger partial charge in [-0.3, -0.25) is 14.5 Å². The largest absolute Gasteiger partial charge is 0.294 e. The van der Waals surface area contributed by atoms with E-state index >= 15 is 0 Å². The van der Waals surface area contributed by atoms with Crippen LogP contribution in [-0.4, -0.2) is 11.7 Å². The third-order valence-corrected chi connectivity index (χ3v) is 5.85. The van der Waals surface area contributed by atoms with Crippen LogP contribution in [-0.2, 0) is 9.59 Å². The van der Waals surface area contributed by atoms with E-state index in [0.29, 0.717) is 17.9 Å². The summed E-state index contributed by atoms with van der Waals surface area (Å²) in [6.45, 7) is 1.93. The van der Waals surface area contributed by atoms with Gasteiger partial charge in [0.05, 0.1) is 5.69 Å². The summed E-state index contributed by atoms with van der Waals surface area (Å²) in [6, 6.07) is 15.6. The summed E-state index contributed by atoms with van der Waals surface area (Å²) in [7, 11) is 0. The van der Waals surface area contributed by atoms with Crippen molar-refractivity contribution in [1.29, 1.82) is 0 Å². The summed E-state index contributed by atoms with van der Waals surface area (Å²) in [5.41, 5.74) is 4.40. The maximum Gasteiger partial charge on any atom is 0.232 e. The highest BCUT2D eigenvalue weighted by atomic mass is 35.5. The molecular formula is C24H22ClNO2. The molecule has 2 aromatic carbocycles. The molecule has 2 aliphatic rings. The van der Waals surface area contributed by atoms with Crippen LogP contribution >= 0.6 is 11.6 Å². The van der Waals surface area contributed by atoms with Crippen LogP contribution in [0.25, 0.3) is 6.08 Å². The van der Waals surface area contributed by atoms with E-state index in [1.165, 1.54) is 0 Å². The van der Waals surface area contributed by atoms with E-state index in [1.807, 2.05) is 67.6 Å². The highest BCUT2D eigenvalue weighted by Gasteiger charge is 2.38. The van der Waals surface area contributed by atoms with Crippen molar-refractivity contribution in [3.05, 3.63) is 82.0 Å². The second kappa shape index (κ2) is 7.76. The lowest BCUT2D eigenvalue weighted by atomic mass is 9.80. The number of halogens is 1. The van der Waals surface area contributed by atoms with Gasteiger partial charge in [-0.25, -0.2) is 0 Å². The quantitative estimate of drug-likeness (QED) is 0.670. The first-order chi connectivity index (χ1) is 13.5. The van der Waals surface area contributed by atoms with Crippen molar-refractivity contribution in [2.45, 2.75) is 32.6 Å². The first kappa shape index (κ1) is 18.7. The van der Waals surface area contributed by atoms with Gasteiger partial charge in [0.25, 0.3) is 0 Å². The van der Waals surface area contributed by atoms with Gasteiger partial charge in [0.2, 0.25) is 5.91 Å². The molecule has 0 fully saturated rings. The lowest BCUT2D eigenvalue weighted by Gasteiger charge is -2.37. The number of carbonyl (C=O) groups is 2.